The first kappa shape index (κ1) is 31.5. The van der Waals surface area contributed by atoms with Gasteiger partial charge in [0, 0.05) is 27.4 Å². The molecule has 5 heteroatoms. The predicted octanol–water partition coefficient (Wildman–Crippen LogP) is 9.98. The third-order valence-corrected chi connectivity index (χ3v) is 6.83. The van der Waals surface area contributed by atoms with Gasteiger partial charge in [0.25, 0.3) is 0 Å². The van der Waals surface area contributed by atoms with Crippen molar-refractivity contribution < 1.29 is 13.3 Å². The minimum Gasteiger partial charge on any atom is -0.399 e. The van der Waals surface area contributed by atoms with Crippen molar-refractivity contribution in [2.45, 2.75) is 131 Å². The van der Waals surface area contributed by atoms with Crippen LogP contribution in [-0.4, -0.2) is 10.4 Å². The summed E-state index contributed by atoms with van der Waals surface area (Å²) in [5.74, 6) is 0. The van der Waals surface area contributed by atoms with Gasteiger partial charge in [0.05, 0.1) is 0 Å². The zero-order valence-corrected chi connectivity index (χ0v) is 27.0. The maximum atomic E-state index is 10.8. The Morgan fingerprint density at radius 2 is 0.811 bits per heavy atom. The Morgan fingerprint density at radius 3 is 1.03 bits per heavy atom. The molecule has 2 aromatic carbocycles. The van der Waals surface area contributed by atoms with Crippen molar-refractivity contribution in [3.05, 3.63) is 46.5 Å². The van der Waals surface area contributed by atoms with Gasteiger partial charge in [-0.25, -0.2) is 0 Å². The normalized spacial score (nSPS) is 13.5. The van der Waals surface area contributed by atoms with E-state index in [0.29, 0.717) is 0 Å². The Bertz CT molecular complexity index is 1200. The fourth-order valence-electron chi connectivity index (χ4n) is 4.01. The van der Waals surface area contributed by atoms with Crippen LogP contribution in [-0.2, 0) is 21.7 Å². The number of benzene rings is 2. The first-order valence-corrected chi connectivity index (χ1v) is 14.5. The van der Waals surface area contributed by atoms with Crippen LogP contribution >= 0.6 is 8.24 Å². The molecule has 1 aromatic heterocycles. The first-order valence-electron chi connectivity index (χ1n) is 13.3. The molecule has 1 heterocycles. The Balaban J connectivity index is 0.000000877. The van der Waals surface area contributed by atoms with Crippen LogP contribution in [0.2, 0.25) is 0 Å². The van der Waals surface area contributed by atoms with E-state index in [9.17, 15) is 4.89 Å². The van der Waals surface area contributed by atoms with Crippen molar-refractivity contribution in [3.8, 4) is 0 Å². The van der Waals surface area contributed by atoms with Crippen molar-refractivity contribution in [2.24, 2.45) is 5.73 Å². The highest BCUT2D eigenvalue weighted by molar-refractivity contribution is 7.30. The monoisotopic (exact) mass is 529 g/mol. The smallest absolute Gasteiger partial charge is 0.384 e. The van der Waals surface area contributed by atoms with Crippen LogP contribution in [0.4, 0.5) is 0 Å². The molecule has 0 saturated heterocycles. The summed E-state index contributed by atoms with van der Waals surface area (Å²) in [6, 6.07) is 8.96. The second-order valence-electron chi connectivity index (χ2n) is 15.6. The topological polar surface area (TPSA) is 72.5 Å². The van der Waals surface area contributed by atoms with E-state index < -0.39 is 8.24 Å². The number of rotatable bonds is 0. The summed E-state index contributed by atoms with van der Waals surface area (Å²) in [6.07, 6.45) is 0. The van der Waals surface area contributed by atoms with Gasteiger partial charge in [-0.3, -0.25) is 4.89 Å². The van der Waals surface area contributed by atoms with Crippen molar-refractivity contribution in [3.63, 3.8) is 0 Å². The third-order valence-electron chi connectivity index (χ3n) is 6.15. The van der Waals surface area contributed by atoms with Crippen LogP contribution in [0.1, 0.15) is 126 Å². The minimum absolute atomic E-state index is 0. The minimum atomic E-state index is -2.09. The summed E-state index contributed by atoms with van der Waals surface area (Å²) in [7, 11) is -2.09. The summed E-state index contributed by atoms with van der Waals surface area (Å²) in [6.45, 7) is 32.5. The van der Waals surface area contributed by atoms with Gasteiger partial charge in [-0.05, 0) is 65.7 Å². The SMILES string of the molecule is CC(C)(C)N.CC(C)(C)c1cc(C(C)(C)C)c2op(O)oc3c(C(C)(C)C)cc(C(C)(C)C)cc3c2c1. The van der Waals surface area contributed by atoms with Crippen LogP contribution in [0.5, 0.6) is 0 Å². The van der Waals surface area contributed by atoms with E-state index in [4.69, 9.17) is 14.1 Å². The highest BCUT2D eigenvalue weighted by Gasteiger charge is 2.28. The third kappa shape index (κ3) is 8.12. The maximum absolute atomic E-state index is 10.8. The molecule has 0 aliphatic heterocycles. The zero-order chi connectivity index (χ0) is 28.9. The van der Waals surface area contributed by atoms with Gasteiger partial charge in [0.1, 0.15) is 11.2 Å². The number of hydrogen-bond acceptors (Lipinski definition) is 4. The molecule has 0 radical (unpaired) electrons. The standard InChI is InChI=1S/C28H41O3P.C4H11N/c1-25(2,3)17-13-19-20-14-18(26(4,5)6)16-22(28(10,11)12)24(20)31-32(29)30-23(19)21(15-17)27(7,8)9;1-4(2,3)5/h13-16,29H,1-12H3;5H2,1-3H3. The summed E-state index contributed by atoms with van der Waals surface area (Å²) in [4.78, 5) is 10.8. The molecule has 0 aliphatic carbocycles. The molecule has 37 heavy (non-hydrogen) atoms. The average molecular weight is 530 g/mol. The summed E-state index contributed by atoms with van der Waals surface area (Å²) in [5.41, 5.74) is 11.2. The lowest BCUT2D eigenvalue weighted by atomic mass is 9.77. The Morgan fingerprint density at radius 1 is 0.541 bits per heavy atom. The Labute approximate surface area is 226 Å². The number of nitrogens with two attached hydrogens (primary N) is 1. The molecule has 0 saturated carbocycles. The van der Waals surface area contributed by atoms with Gasteiger partial charge in [-0.2, -0.15) is 0 Å². The van der Waals surface area contributed by atoms with E-state index in [1.165, 1.54) is 11.1 Å². The van der Waals surface area contributed by atoms with E-state index in [1.54, 1.807) is 0 Å². The number of hydrogen-bond donors (Lipinski definition) is 2. The van der Waals surface area contributed by atoms with Gasteiger partial charge in [0.15, 0.2) is 0 Å². The quantitative estimate of drug-likeness (QED) is 0.304. The van der Waals surface area contributed by atoms with Gasteiger partial charge in [-0.15, -0.1) is 0 Å². The van der Waals surface area contributed by atoms with Crippen LogP contribution in [0.15, 0.2) is 32.7 Å². The van der Waals surface area contributed by atoms with Crippen molar-refractivity contribution in [1.29, 1.82) is 0 Å². The molecule has 0 unspecified atom stereocenters. The lowest BCUT2D eigenvalue weighted by molar-refractivity contribution is 0.485. The maximum Gasteiger partial charge on any atom is 0.384 e. The fraction of sp³-hybridized carbons (Fsp3) is 0.625. The van der Waals surface area contributed by atoms with E-state index >= 15 is 0 Å². The van der Waals surface area contributed by atoms with Crippen LogP contribution in [0, 0.1) is 0 Å². The Kier molecular flexibility index (Phi) is 8.59. The second kappa shape index (κ2) is 10.1. The van der Waals surface area contributed by atoms with Crippen molar-refractivity contribution in [1.82, 2.24) is 0 Å². The van der Waals surface area contributed by atoms with Gasteiger partial charge in [-0.1, -0.05) is 95.2 Å². The molecular formula is C32H52NO3P. The van der Waals surface area contributed by atoms with E-state index in [-0.39, 0.29) is 27.2 Å². The summed E-state index contributed by atoms with van der Waals surface area (Å²) < 4.78 is 12.3. The van der Waals surface area contributed by atoms with Crippen molar-refractivity contribution in [2.75, 3.05) is 0 Å². The summed E-state index contributed by atoms with van der Waals surface area (Å²) in [5, 5.41) is 2.01. The number of fused-ring (bicyclic) bond motifs is 3. The van der Waals surface area contributed by atoms with Crippen LogP contribution in [0.3, 0.4) is 0 Å². The molecule has 0 amide bonds. The van der Waals surface area contributed by atoms with Crippen LogP contribution < -0.4 is 5.73 Å². The molecule has 3 N–H and O–H groups in total. The van der Waals surface area contributed by atoms with Gasteiger partial charge in [0.2, 0.25) is 0 Å². The lowest BCUT2D eigenvalue weighted by Crippen LogP contribution is -2.26. The molecule has 3 rings (SSSR count). The van der Waals surface area contributed by atoms with E-state index in [1.807, 2.05) is 20.8 Å². The molecule has 3 aromatic rings. The van der Waals surface area contributed by atoms with Gasteiger partial charge < -0.3 is 14.1 Å². The molecule has 0 atom stereocenters. The van der Waals surface area contributed by atoms with Crippen molar-refractivity contribution >= 4 is 30.2 Å². The largest absolute Gasteiger partial charge is 0.399 e. The molecular weight excluding hydrogens is 477 g/mol. The molecule has 4 nitrogen and oxygen atoms in total. The molecule has 0 fully saturated rings. The Hall–Kier alpha value is -1.74. The zero-order valence-electron chi connectivity index (χ0n) is 26.1. The first-order chi connectivity index (χ1) is 16.3. The fourth-order valence-corrected chi connectivity index (χ4v) is 4.75. The predicted molar refractivity (Wildman–Crippen MR) is 163 cm³/mol. The molecule has 208 valence electrons. The van der Waals surface area contributed by atoms with E-state index in [2.05, 4.69) is 107 Å². The molecule has 0 bridgehead atoms. The molecule has 0 aliphatic rings. The van der Waals surface area contributed by atoms with E-state index in [0.717, 1.165) is 33.1 Å². The highest BCUT2D eigenvalue weighted by atomic mass is 31.1. The van der Waals surface area contributed by atoms with Crippen LogP contribution in [0.25, 0.3) is 21.9 Å². The highest BCUT2D eigenvalue weighted by Crippen LogP contribution is 2.44. The lowest BCUT2D eigenvalue weighted by Gasteiger charge is -2.27. The summed E-state index contributed by atoms with van der Waals surface area (Å²) >= 11 is 0. The second-order valence-corrected chi connectivity index (χ2v) is 16.4. The molecule has 0 spiro atoms. The van der Waals surface area contributed by atoms with Gasteiger partial charge >= 0.3 is 8.24 Å². The average Bonchev–Trinajstić information content (AvgIpc) is 2.77.